The molecular weight excluding hydrogens is 311 g/mol. The standard InChI is InChI=1S/C17H19FN4O2/c1-11-15(4-3-7-22(11)12(2)23)17-21-20-16(24-17)6-5-13-8-14(18)10-19-9-13/h5-6,8-11,15H,3-4,7H2,1-2H3/t11-,15-/m0/s1. The highest BCUT2D eigenvalue weighted by molar-refractivity contribution is 5.73. The number of carbonyl (C=O) groups is 1. The fourth-order valence-corrected chi connectivity index (χ4v) is 3.07. The smallest absolute Gasteiger partial charge is 0.240 e. The quantitative estimate of drug-likeness (QED) is 0.865. The zero-order valence-corrected chi connectivity index (χ0v) is 13.6. The summed E-state index contributed by atoms with van der Waals surface area (Å²) in [5, 5.41) is 8.13. The maximum absolute atomic E-state index is 13.1. The summed E-state index contributed by atoms with van der Waals surface area (Å²) in [4.78, 5) is 17.3. The van der Waals surface area contributed by atoms with Crippen LogP contribution in [0.3, 0.4) is 0 Å². The van der Waals surface area contributed by atoms with E-state index in [1.54, 1.807) is 25.3 Å². The summed E-state index contributed by atoms with van der Waals surface area (Å²) >= 11 is 0. The third-order valence-electron chi connectivity index (χ3n) is 4.31. The van der Waals surface area contributed by atoms with Gasteiger partial charge in [0.2, 0.25) is 17.7 Å². The number of nitrogens with zero attached hydrogens (tertiary/aromatic N) is 4. The maximum Gasteiger partial charge on any atom is 0.240 e. The number of pyridine rings is 1. The lowest BCUT2D eigenvalue weighted by Crippen LogP contribution is -2.44. The van der Waals surface area contributed by atoms with Crippen LogP contribution in [0.15, 0.2) is 22.9 Å². The number of rotatable bonds is 3. The molecule has 2 aromatic heterocycles. The summed E-state index contributed by atoms with van der Waals surface area (Å²) in [5.41, 5.74) is 0.614. The highest BCUT2D eigenvalue weighted by Gasteiger charge is 2.33. The lowest BCUT2D eigenvalue weighted by Gasteiger charge is -2.37. The van der Waals surface area contributed by atoms with Crippen LogP contribution in [0.1, 0.15) is 50.0 Å². The van der Waals surface area contributed by atoms with Gasteiger partial charge in [0.15, 0.2) is 0 Å². The van der Waals surface area contributed by atoms with E-state index in [1.807, 2.05) is 11.8 Å². The topological polar surface area (TPSA) is 72.1 Å². The maximum atomic E-state index is 13.1. The van der Waals surface area contributed by atoms with Crippen molar-refractivity contribution in [1.82, 2.24) is 20.1 Å². The van der Waals surface area contributed by atoms with Gasteiger partial charge in [-0.15, -0.1) is 10.2 Å². The highest BCUT2D eigenvalue weighted by atomic mass is 19.1. The van der Waals surface area contributed by atoms with Gasteiger partial charge in [0, 0.05) is 31.8 Å². The summed E-state index contributed by atoms with van der Waals surface area (Å²) in [6.45, 7) is 4.34. The van der Waals surface area contributed by atoms with Gasteiger partial charge in [0.25, 0.3) is 0 Å². The fourth-order valence-electron chi connectivity index (χ4n) is 3.07. The van der Waals surface area contributed by atoms with Gasteiger partial charge in [-0.05, 0) is 37.5 Å². The molecule has 126 valence electrons. The van der Waals surface area contributed by atoms with E-state index in [1.165, 1.54) is 6.07 Å². The van der Waals surface area contributed by atoms with Gasteiger partial charge in [-0.3, -0.25) is 9.78 Å². The van der Waals surface area contributed by atoms with Crippen LogP contribution in [0, 0.1) is 5.82 Å². The van der Waals surface area contributed by atoms with Gasteiger partial charge in [-0.2, -0.15) is 0 Å². The molecule has 2 aromatic rings. The minimum Gasteiger partial charge on any atom is -0.421 e. The number of carbonyl (C=O) groups excluding carboxylic acids is 1. The first-order valence-corrected chi connectivity index (χ1v) is 7.94. The number of piperidine rings is 1. The van der Waals surface area contributed by atoms with Gasteiger partial charge in [-0.25, -0.2) is 4.39 Å². The van der Waals surface area contributed by atoms with Crippen molar-refractivity contribution in [3.05, 3.63) is 41.6 Å². The molecule has 1 amide bonds. The first-order chi connectivity index (χ1) is 11.5. The molecule has 0 bridgehead atoms. The third-order valence-corrected chi connectivity index (χ3v) is 4.31. The highest BCUT2D eigenvalue weighted by Crippen LogP contribution is 2.31. The Balaban J connectivity index is 1.74. The molecule has 7 heteroatoms. The average Bonchev–Trinajstić information content (AvgIpc) is 3.01. The summed E-state index contributed by atoms with van der Waals surface area (Å²) in [7, 11) is 0. The van der Waals surface area contributed by atoms with Crippen LogP contribution in [0.5, 0.6) is 0 Å². The minimum absolute atomic E-state index is 0.0287. The predicted molar refractivity (Wildman–Crippen MR) is 86.2 cm³/mol. The Labute approximate surface area is 139 Å². The summed E-state index contributed by atoms with van der Waals surface area (Å²) in [6, 6.07) is 1.40. The van der Waals surface area contributed by atoms with Crippen molar-refractivity contribution in [2.24, 2.45) is 0 Å². The van der Waals surface area contributed by atoms with Crippen molar-refractivity contribution in [1.29, 1.82) is 0 Å². The summed E-state index contributed by atoms with van der Waals surface area (Å²) in [5.74, 6) is 0.578. The lowest BCUT2D eigenvalue weighted by atomic mass is 9.90. The van der Waals surface area contributed by atoms with Crippen LogP contribution >= 0.6 is 0 Å². The fraction of sp³-hybridized carbons (Fsp3) is 0.412. The van der Waals surface area contributed by atoms with Crippen LogP contribution in [0.4, 0.5) is 4.39 Å². The molecule has 1 fully saturated rings. The summed E-state index contributed by atoms with van der Waals surface area (Å²) < 4.78 is 18.8. The zero-order chi connectivity index (χ0) is 17.1. The van der Waals surface area contributed by atoms with Gasteiger partial charge < -0.3 is 9.32 Å². The van der Waals surface area contributed by atoms with Crippen molar-refractivity contribution < 1.29 is 13.6 Å². The van der Waals surface area contributed by atoms with E-state index in [-0.39, 0.29) is 17.9 Å². The Bertz CT molecular complexity index is 759. The van der Waals surface area contributed by atoms with E-state index in [0.717, 1.165) is 25.6 Å². The molecule has 3 rings (SSSR count). The molecule has 1 aliphatic rings. The molecule has 6 nitrogen and oxygen atoms in total. The normalized spacial score (nSPS) is 21.4. The molecule has 2 atom stereocenters. The second-order valence-electron chi connectivity index (χ2n) is 5.95. The monoisotopic (exact) mass is 330 g/mol. The summed E-state index contributed by atoms with van der Waals surface area (Å²) in [6.07, 6.45) is 7.81. The lowest BCUT2D eigenvalue weighted by molar-refractivity contribution is -0.132. The van der Waals surface area contributed by atoms with Crippen LogP contribution in [0.2, 0.25) is 0 Å². The van der Waals surface area contributed by atoms with E-state index >= 15 is 0 Å². The Hall–Kier alpha value is -2.57. The Morgan fingerprint density at radius 3 is 2.96 bits per heavy atom. The van der Waals surface area contributed by atoms with E-state index in [0.29, 0.717) is 17.3 Å². The Kier molecular flexibility index (Phi) is 4.69. The number of hydrogen-bond acceptors (Lipinski definition) is 5. The number of halogens is 1. The molecule has 0 aliphatic carbocycles. The molecular formula is C17H19FN4O2. The molecule has 0 unspecified atom stereocenters. The zero-order valence-electron chi connectivity index (χ0n) is 13.6. The molecule has 0 saturated carbocycles. The van der Waals surface area contributed by atoms with Crippen LogP contribution < -0.4 is 0 Å². The SMILES string of the molecule is CC(=O)N1CCC[C@H](c2nnc(C=Cc3cncc(F)c3)o2)[C@@H]1C. The van der Waals surface area contributed by atoms with E-state index < -0.39 is 5.82 Å². The third kappa shape index (κ3) is 3.50. The van der Waals surface area contributed by atoms with Crippen LogP contribution in [-0.4, -0.2) is 38.6 Å². The molecule has 1 saturated heterocycles. The first kappa shape index (κ1) is 16.3. The van der Waals surface area contributed by atoms with Gasteiger partial charge >= 0.3 is 0 Å². The number of amides is 1. The van der Waals surface area contributed by atoms with E-state index in [4.69, 9.17) is 4.42 Å². The average molecular weight is 330 g/mol. The van der Waals surface area contributed by atoms with E-state index in [9.17, 15) is 9.18 Å². The molecule has 1 aliphatic heterocycles. The second kappa shape index (κ2) is 6.90. The van der Waals surface area contributed by atoms with Crippen molar-refractivity contribution in [3.8, 4) is 0 Å². The molecule has 24 heavy (non-hydrogen) atoms. The minimum atomic E-state index is -0.399. The molecule has 3 heterocycles. The number of likely N-dealkylation sites (tertiary alicyclic amines) is 1. The number of hydrogen-bond donors (Lipinski definition) is 0. The van der Waals surface area contributed by atoms with Crippen LogP contribution in [-0.2, 0) is 4.79 Å². The largest absolute Gasteiger partial charge is 0.421 e. The molecule has 0 spiro atoms. The van der Waals surface area contributed by atoms with Crippen molar-refractivity contribution in [2.45, 2.75) is 38.6 Å². The molecule has 0 radical (unpaired) electrons. The van der Waals surface area contributed by atoms with Crippen molar-refractivity contribution in [3.63, 3.8) is 0 Å². The van der Waals surface area contributed by atoms with Gasteiger partial charge in [-0.1, -0.05) is 0 Å². The predicted octanol–water partition coefficient (Wildman–Crippen LogP) is 2.89. The number of aromatic nitrogens is 3. The van der Waals surface area contributed by atoms with E-state index in [2.05, 4.69) is 15.2 Å². The first-order valence-electron chi connectivity index (χ1n) is 7.94. The Morgan fingerprint density at radius 2 is 2.21 bits per heavy atom. The second-order valence-corrected chi connectivity index (χ2v) is 5.95. The molecule has 0 N–H and O–H groups in total. The van der Waals surface area contributed by atoms with Gasteiger partial charge in [0.1, 0.15) is 5.82 Å². The van der Waals surface area contributed by atoms with Crippen molar-refractivity contribution >= 4 is 18.1 Å². The van der Waals surface area contributed by atoms with Gasteiger partial charge in [0.05, 0.1) is 12.1 Å². The Morgan fingerprint density at radius 1 is 1.38 bits per heavy atom. The van der Waals surface area contributed by atoms with Crippen LogP contribution in [0.25, 0.3) is 12.2 Å². The molecule has 0 aromatic carbocycles. The van der Waals surface area contributed by atoms with Crippen molar-refractivity contribution in [2.75, 3.05) is 6.54 Å².